The Hall–Kier alpha value is -3.98. The van der Waals surface area contributed by atoms with Crippen molar-refractivity contribution in [2.75, 3.05) is 10.0 Å². The lowest BCUT2D eigenvalue weighted by Crippen LogP contribution is -2.14. The Morgan fingerprint density at radius 1 is 0.879 bits per heavy atom. The maximum absolute atomic E-state index is 13.5. The maximum atomic E-state index is 13.5. The third-order valence-electron chi connectivity index (χ3n) is 5.05. The Morgan fingerprint density at radius 3 is 2.39 bits per heavy atom. The number of aromatic nitrogens is 1. The van der Waals surface area contributed by atoms with Crippen LogP contribution in [0.4, 0.5) is 26.0 Å². The van der Waals surface area contributed by atoms with E-state index in [-0.39, 0.29) is 5.69 Å². The van der Waals surface area contributed by atoms with E-state index in [0.717, 1.165) is 29.0 Å². The molecule has 5 aromatic rings. The van der Waals surface area contributed by atoms with E-state index in [1.807, 2.05) is 31.2 Å². The summed E-state index contributed by atoms with van der Waals surface area (Å²) in [5, 5.41) is 4.72. The van der Waals surface area contributed by atoms with Crippen molar-refractivity contribution >= 4 is 49.1 Å². The molecule has 0 unspecified atom stereocenters. The lowest BCUT2D eigenvalue weighted by atomic mass is 10.2. The molecule has 0 aliphatic carbocycles. The minimum absolute atomic E-state index is 0.236. The van der Waals surface area contributed by atoms with Gasteiger partial charge >= 0.3 is 0 Å². The molecule has 6 nitrogen and oxygen atoms in total. The number of anilines is 3. The highest BCUT2D eigenvalue weighted by atomic mass is 32.2. The van der Waals surface area contributed by atoms with Crippen molar-refractivity contribution in [2.24, 2.45) is 0 Å². The normalized spacial score (nSPS) is 11.7. The molecule has 5 rings (SSSR count). The van der Waals surface area contributed by atoms with Gasteiger partial charge in [0.1, 0.15) is 23.2 Å². The number of rotatable bonds is 5. The van der Waals surface area contributed by atoms with Crippen LogP contribution in [0.3, 0.4) is 0 Å². The number of hydrogen-bond donors (Lipinski definition) is 2. The van der Waals surface area contributed by atoms with Crippen molar-refractivity contribution in [3.63, 3.8) is 0 Å². The van der Waals surface area contributed by atoms with Crippen LogP contribution in [0.2, 0.25) is 0 Å². The Morgan fingerprint density at radius 2 is 1.61 bits per heavy atom. The zero-order valence-corrected chi connectivity index (χ0v) is 18.1. The molecule has 0 saturated carbocycles. The first-order valence-electron chi connectivity index (χ1n) is 9.93. The van der Waals surface area contributed by atoms with Gasteiger partial charge in [-0.3, -0.25) is 4.72 Å². The van der Waals surface area contributed by atoms with Crippen molar-refractivity contribution in [2.45, 2.75) is 11.8 Å². The van der Waals surface area contributed by atoms with E-state index in [0.29, 0.717) is 28.4 Å². The number of nitrogens with zero attached hydrogens (tertiary/aromatic N) is 1. The van der Waals surface area contributed by atoms with E-state index in [2.05, 4.69) is 15.0 Å². The number of furan rings is 1. The predicted octanol–water partition coefficient (Wildman–Crippen LogP) is 6.11. The Balaban J connectivity index is 1.48. The zero-order chi connectivity index (χ0) is 23.2. The van der Waals surface area contributed by atoms with E-state index in [9.17, 15) is 17.2 Å². The summed E-state index contributed by atoms with van der Waals surface area (Å²) in [6.07, 6.45) is 0. The Bertz CT molecular complexity index is 1610. The van der Waals surface area contributed by atoms with E-state index < -0.39 is 26.6 Å². The first-order valence-corrected chi connectivity index (χ1v) is 11.4. The second-order valence-electron chi connectivity index (χ2n) is 7.49. The summed E-state index contributed by atoms with van der Waals surface area (Å²) in [4.78, 5) is 4.06. The van der Waals surface area contributed by atoms with Gasteiger partial charge in [-0.15, -0.1) is 0 Å². The zero-order valence-electron chi connectivity index (χ0n) is 17.3. The molecule has 2 heterocycles. The number of para-hydroxylation sites is 1. The SMILES string of the molecule is Cc1cc2cccc(Nc3ccc4c(NS(=O)(=O)c5cc(F)cc(F)c5)cccc4n3)c2o1. The second-order valence-corrected chi connectivity index (χ2v) is 9.17. The predicted molar refractivity (Wildman–Crippen MR) is 123 cm³/mol. The van der Waals surface area contributed by atoms with Gasteiger partial charge in [0.2, 0.25) is 0 Å². The van der Waals surface area contributed by atoms with Gasteiger partial charge in [0.15, 0.2) is 5.58 Å². The topological polar surface area (TPSA) is 84.2 Å². The molecule has 0 saturated heterocycles. The smallest absolute Gasteiger partial charge is 0.262 e. The third kappa shape index (κ3) is 4.10. The summed E-state index contributed by atoms with van der Waals surface area (Å²) < 4.78 is 60.6. The fraction of sp³-hybridized carbons (Fsp3) is 0.0417. The second kappa shape index (κ2) is 7.86. The Labute approximate surface area is 187 Å². The maximum Gasteiger partial charge on any atom is 0.262 e. The quantitative estimate of drug-likeness (QED) is 0.327. The van der Waals surface area contributed by atoms with Gasteiger partial charge in [0.05, 0.1) is 21.8 Å². The average Bonchev–Trinajstić information content (AvgIpc) is 3.14. The summed E-state index contributed by atoms with van der Waals surface area (Å²) in [6, 6.07) is 18.1. The number of aryl methyl sites for hydroxylation is 1. The largest absolute Gasteiger partial charge is 0.459 e. The summed E-state index contributed by atoms with van der Waals surface area (Å²) in [6.45, 7) is 1.87. The summed E-state index contributed by atoms with van der Waals surface area (Å²) in [5.41, 5.74) is 2.21. The summed E-state index contributed by atoms with van der Waals surface area (Å²) in [7, 11) is -4.22. The van der Waals surface area contributed by atoms with Crippen molar-refractivity contribution in [3.8, 4) is 0 Å². The first-order chi connectivity index (χ1) is 15.8. The van der Waals surface area contributed by atoms with Gasteiger partial charge in [-0.2, -0.15) is 0 Å². The monoisotopic (exact) mass is 465 g/mol. The van der Waals surface area contributed by atoms with Gasteiger partial charge in [-0.25, -0.2) is 22.2 Å². The minimum atomic E-state index is -4.22. The molecule has 2 aromatic heterocycles. The van der Waals surface area contributed by atoms with Crippen LogP contribution >= 0.6 is 0 Å². The van der Waals surface area contributed by atoms with Crippen LogP contribution in [0.5, 0.6) is 0 Å². The van der Waals surface area contributed by atoms with E-state index in [1.54, 1.807) is 30.3 Å². The van der Waals surface area contributed by atoms with Gasteiger partial charge in [-0.1, -0.05) is 18.2 Å². The van der Waals surface area contributed by atoms with Crippen molar-refractivity contribution in [1.82, 2.24) is 4.98 Å². The van der Waals surface area contributed by atoms with E-state index >= 15 is 0 Å². The summed E-state index contributed by atoms with van der Waals surface area (Å²) in [5.74, 6) is -0.628. The van der Waals surface area contributed by atoms with Gasteiger partial charge in [0, 0.05) is 16.8 Å². The number of sulfonamides is 1. The molecular formula is C24H17F2N3O3S. The number of nitrogens with one attached hydrogen (secondary N) is 2. The molecule has 9 heteroatoms. The number of benzene rings is 3. The molecule has 0 bridgehead atoms. The van der Waals surface area contributed by atoms with Crippen molar-refractivity contribution < 1.29 is 21.6 Å². The Kier molecular flexibility index (Phi) is 4.98. The molecule has 0 fully saturated rings. The first kappa shape index (κ1) is 20.9. The molecule has 0 spiro atoms. The number of pyridine rings is 1. The van der Waals surface area contributed by atoms with E-state index in [1.165, 1.54) is 0 Å². The minimum Gasteiger partial charge on any atom is -0.459 e. The van der Waals surface area contributed by atoms with E-state index in [4.69, 9.17) is 4.42 Å². The fourth-order valence-corrected chi connectivity index (χ4v) is 4.75. The van der Waals surface area contributed by atoms with Crippen molar-refractivity contribution in [3.05, 3.63) is 90.2 Å². The number of halogens is 2. The number of hydrogen-bond acceptors (Lipinski definition) is 5. The molecule has 2 N–H and O–H groups in total. The molecular weight excluding hydrogens is 448 g/mol. The van der Waals surface area contributed by atoms with Crippen LogP contribution in [-0.2, 0) is 10.0 Å². The lowest BCUT2D eigenvalue weighted by Gasteiger charge is -2.12. The third-order valence-corrected chi connectivity index (χ3v) is 6.40. The van der Waals surface area contributed by atoms with Crippen LogP contribution < -0.4 is 10.0 Å². The van der Waals surface area contributed by atoms with Crippen LogP contribution in [0.1, 0.15) is 5.76 Å². The highest BCUT2D eigenvalue weighted by Gasteiger charge is 2.18. The molecule has 0 aliphatic rings. The molecule has 0 radical (unpaired) electrons. The fourth-order valence-electron chi connectivity index (χ4n) is 3.63. The number of fused-ring (bicyclic) bond motifs is 2. The highest BCUT2D eigenvalue weighted by Crippen LogP contribution is 2.31. The lowest BCUT2D eigenvalue weighted by molar-refractivity contribution is 0.568. The highest BCUT2D eigenvalue weighted by molar-refractivity contribution is 7.92. The molecule has 0 amide bonds. The molecule has 0 atom stereocenters. The van der Waals surface area contributed by atoms with Crippen LogP contribution in [0.15, 0.2) is 82.1 Å². The molecule has 3 aromatic carbocycles. The molecule has 33 heavy (non-hydrogen) atoms. The van der Waals surface area contributed by atoms with Crippen molar-refractivity contribution in [1.29, 1.82) is 0 Å². The van der Waals surface area contributed by atoms with Crippen LogP contribution in [0.25, 0.3) is 21.9 Å². The standard InChI is InChI=1S/C24H17F2N3O3S/c1-14-10-15-4-2-7-22(24(15)32-14)28-23-9-8-19-20(27-23)5-3-6-21(19)29-33(30,31)18-12-16(25)11-17(26)13-18/h2-13,29H,1H3,(H,27,28). The summed E-state index contributed by atoms with van der Waals surface area (Å²) >= 11 is 0. The van der Waals surface area contributed by atoms with Crippen LogP contribution in [-0.4, -0.2) is 13.4 Å². The van der Waals surface area contributed by atoms with Crippen LogP contribution in [0, 0.1) is 18.6 Å². The van der Waals surface area contributed by atoms with Gasteiger partial charge in [-0.05, 0) is 55.5 Å². The molecule has 166 valence electrons. The van der Waals surface area contributed by atoms with Gasteiger partial charge in [0.25, 0.3) is 10.0 Å². The molecule has 0 aliphatic heterocycles. The average molecular weight is 465 g/mol. The van der Waals surface area contributed by atoms with Gasteiger partial charge < -0.3 is 9.73 Å².